The van der Waals surface area contributed by atoms with Gasteiger partial charge in [0.2, 0.25) is 0 Å². The fourth-order valence-corrected chi connectivity index (χ4v) is 2.45. The van der Waals surface area contributed by atoms with E-state index in [1.165, 1.54) is 18.4 Å². The molecular formula is C17H27NO2. The molecule has 20 heavy (non-hydrogen) atoms. The number of rotatable bonds is 7. The van der Waals surface area contributed by atoms with Crippen molar-refractivity contribution in [2.75, 3.05) is 26.3 Å². The zero-order chi connectivity index (χ0) is 14.4. The number of benzene rings is 1. The molecule has 3 heteroatoms. The van der Waals surface area contributed by atoms with Gasteiger partial charge in [-0.1, -0.05) is 26.8 Å². The SMILES string of the molecule is CCNCCC(C)(C)CCc1ccc2c(c1)OCCO2. The number of aryl methyl sites for hydroxylation is 1. The van der Waals surface area contributed by atoms with E-state index in [0.717, 1.165) is 31.0 Å². The highest BCUT2D eigenvalue weighted by molar-refractivity contribution is 5.43. The Morgan fingerprint density at radius 2 is 1.85 bits per heavy atom. The molecule has 1 heterocycles. The first-order valence-corrected chi connectivity index (χ1v) is 7.70. The Bertz CT molecular complexity index is 429. The third-order valence-corrected chi connectivity index (χ3v) is 3.93. The van der Waals surface area contributed by atoms with Gasteiger partial charge in [0.25, 0.3) is 0 Å². The van der Waals surface area contributed by atoms with Crippen LogP contribution in [0, 0.1) is 5.41 Å². The molecular weight excluding hydrogens is 250 g/mol. The minimum Gasteiger partial charge on any atom is -0.486 e. The quantitative estimate of drug-likeness (QED) is 0.775. The lowest BCUT2D eigenvalue weighted by atomic mass is 9.83. The molecule has 0 spiro atoms. The largest absolute Gasteiger partial charge is 0.486 e. The van der Waals surface area contributed by atoms with Crippen LogP contribution in [0.2, 0.25) is 0 Å². The number of hydrogen-bond donors (Lipinski definition) is 1. The molecule has 1 aliphatic heterocycles. The fourth-order valence-electron chi connectivity index (χ4n) is 2.45. The van der Waals surface area contributed by atoms with Crippen molar-refractivity contribution in [2.24, 2.45) is 5.41 Å². The van der Waals surface area contributed by atoms with E-state index in [-0.39, 0.29) is 0 Å². The van der Waals surface area contributed by atoms with E-state index >= 15 is 0 Å². The summed E-state index contributed by atoms with van der Waals surface area (Å²) in [5.41, 5.74) is 1.71. The molecule has 0 aliphatic carbocycles. The molecule has 0 atom stereocenters. The predicted octanol–water partition coefficient (Wildman–Crippen LogP) is 3.42. The summed E-state index contributed by atoms with van der Waals surface area (Å²) in [6.45, 7) is 10.3. The Labute approximate surface area is 122 Å². The predicted molar refractivity (Wildman–Crippen MR) is 82.7 cm³/mol. The maximum atomic E-state index is 5.64. The van der Waals surface area contributed by atoms with E-state index in [4.69, 9.17) is 9.47 Å². The van der Waals surface area contributed by atoms with Crippen molar-refractivity contribution in [1.82, 2.24) is 5.32 Å². The molecule has 0 aromatic heterocycles. The van der Waals surface area contributed by atoms with Crippen LogP contribution in [0.3, 0.4) is 0 Å². The second-order valence-electron chi connectivity index (χ2n) is 6.25. The third-order valence-electron chi connectivity index (χ3n) is 3.93. The van der Waals surface area contributed by atoms with E-state index < -0.39 is 0 Å². The first-order chi connectivity index (χ1) is 9.61. The zero-order valence-electron chi connectivity index (χ0n) is 13.0. The van der Waals surface area contributed by atoms with Gasteiger partial charge in [-0.15, -0.1) is 0 Å². The monoisotopic (exact) mass is 277 g/mol. The van der Waals surface area contributed by atoms with Crippen LogP contribution < -0.4 is 14.8 Å². The first-order valence-electron chi connectivity index (χ1n) is 7.70. The van der Waals surface area contributed by atoms with Crippen LogP contribution in [0.5, 0.6) is 11.5 Å². The number of ether oxygens (including phenoxy) is 2. The summed E-state index contributed by atoms with van der Waals surface area (Å²) in [5.74, 6) is 1.78. The molecule has 0 amide bonds. The van der Waals surface area contributed by atoms with Gasteiger partial charge in [0.05, 0.1) is 0 Å². The van der Waals surface area contributed by atoms with Crippen molar-refractivity contribution in [3.8, 4) is 11.5 Å². The van der Waals surface area contributed by atoms with Crippen molar-refractivity contribution in [3.05, 3.63) is 23.8 Å². The fraction of sp³-hybridized carbons (Fsp3) is 0.647. The lowest BCUT2D eigenvalue weighted by molar-refractivity contribution is 0.171. The van der Waals surface area contributed by atoms with Gasteiger partial charge in [-0.25, -0.2) is 0 Å². The average Bonchev–Trinajstić information content (AvgIpc) is 2.45. The van der Waals surface area contributed by atoms with Gasteiger partial charge in [0, 0.05) is 0 Å². The minimum atomic E-state index is 0.370. The normalized spacial score (nSPS) is 14.3. The molecule has 112 valence electrons. The molecule has 1 N–H and O–H groups in total. The molecule has 0 saturated heterocycles. The average molecular weight is 277 g/mol. The smallest absolute Gasteiger partial charge is 0.161 e. The van der Waals surface area contributed by atoms with Crippen LogP contribution in [-0.2, 0) is 6.42 Å². The topological polar surface area (TPSA) is 30.5 Å². The van der Waals surface area contributed by atoms with Crippen molar-refractivity contribution >= 4 is 0 Å². The number of nitrogens with one attached hydrogen (secondary N) is 1. The highest BCUT2D eigenvalue weighted by atomic mass is 16.6. The van der Waals surface area contributed by atoms with E-state index in [2.05, 4.69) is 38.2 Å². The second kappa shape index (κ2) is 6.98. The maximum Gasteiger partial charge on any atom is 0.161 e. The van der Waals surface area contributed by atoms with Crippen molar-refractivity contribution in [3.63, 3.8) is 0 Å². The highest BCUT2D eigenvalue weighted by Crippen LogP contribution is 2.33. The number of fused-ring (bicyclic) bond motifs is 1. The van der Waals surface area contributed by atoms with Gasteiger partial charge in [-0.05, 0) is 55.5 Å². The van der Waals surface area contributed by atoms with Crippen LogP contribution in [0.15, 0.2) is 18.2 Å². The lowest BCUT2D eigenvalue weighted by Gasteiger charge is -2.25. The first kappa shape index (κ1) is 15.2. The highest BCUT2D eigenvalue weighted by Gasteiger charge is 2.18. The Balaban J connectivity index is 1.87. The van der Waals surface area contributed by atoms with Gasteiger partial charge in [-0.2, -0.15) is 0 Å². The molecule has 0 saturated carbocycles. The molecule has 2 rings (SSSR count). The molecule has 0 unspecified atom stereocenters. The number of hydrogen-bond acceptors (Lipinski definition) is 3. The summed E-state index contributed by atoms with van der Waals surface area (Å²) in [6, 6.07) is 6.33. The van der Waals surface area contributed by atoms with Crippen LogP contribution in [-0.4, -0.2) is 26.3 Å². The second-order valence-corrected chi connectivity index (χ2v) is 6.25. The van der Waals surface area contributed by atoms with Crippen LogP contribution in [0.25, 0.3) is 0 Å². The molecule has 0 bridgehead atoms. The maximum absolute atomic E-state index is 5.64. The van der Waals surface area contributed by atoms with E-state index in [1.54, 1.807) is 0 Å². The summed E-state index contributed by atoms with van der Waals surface area (Å²) >= 11 is 0. The van der Waals surface area contributed by atoms with Crippen molar-refractivity contribution < 1.29 is 9.47 Å². The molecule has 3 nitrogen and oxygen atoms in total. The Hall–Kier alpha value is -1.22. The van der Waals surface area contributed by atoms with Crippen LogP contribution in [0.1, 0.15) is 39.2 Å². The summed E-state index contributed by atoms with van der Waals surface area (Å²) in [7, 11) is 0. The summed E-state index contributed by atoms with van der Waals surface area (Å²) in [6.07, 6.45) is 3.50. The van der Waals surface area contributed by atoms with Gasteiger partial charge >= 0.3 is 0 Å². The van der Waals surface area contributed by atoms with Gasteiger partial charge in [0.1, 0.15) is 13.2 Å². The summed E-state index contributed by atoms with van der Waals surface area (Å²) in [4.78, 5) is 0. The van der Waals surface area contributed by atoms with Crippen molar-refractivity contribution in [1.29, 1.82) is 0 Å². The standard InChI is InChI=1S/C17H27NO2/c1-4-18-10-9-17(2,3)8-7-14-5-6-15-16(13-14)20-12-11-19-15/h5-6,13,18H,4,7-12H2,1-3H3. The zero-order valence-corrected chi connectivity index (χ0v) is 13.0. The summed E-state index contributed by atoms with van der Waals surface area (Å²) in [5, 5.41) is 3.41. The lowest BCUT2D eigenvalue weighted by Crippen LogP contribution is -2.22. The Morgan fingerprint density at radius 3 is 2.60 bits per heavy atom. The molecule has 1 aliphatic rings. The van der Waals surface area contributed by atoms with Gasteiger partial charge in [-0.3, -0.25) is 0 Å². The molecule has 0 fully saturated rings. The van der Waals surface area contributed by atoms with E-state index in [9.17, 15) is 0 Å². The molecule has 1 aromatic carbocycles. The molecule has 1 aromatic rings. The van der Waals surface area contributed by atoms with E-state index in [0.29, 0.717) is 18.6 Å². The van der Waals surface area contributed by atoms with E-state index in [1.807, 2.05) is 6.07 Å². The van der Waals surface area contributed by atoms with Gasteiger partial charge < -0.3 is 14.8 Å². The Kier molecular flexibility index (Phi) is 5.30. The van der Waals surface area contributed by atoms with Crippen LogP contribution >= 0.6 is 0 Å². The third kappa shape index (κ3) is 4.41. The van der Waals surface area contributed by atoms with Crippen molar-refractivity contribution in [2.45, 2.75) is 40.0 Å². The molecule has 0 radical (unpaired) electrons. The Morgan fingerprint density at radius 1 is 1.10 bits per heavy atom. The van der Waals surface area contributed by atoms with Crippen LogP contribution in [0.4, 0.5) is 0 Å². The minimum absolute atomic E-state index is 0.370. The van der Waals surface area contributed by atoms with Gasteiger partial charge in [0.15, 0.2) is 11.5 Å². The summed E-state index contributed by atoms with van der Waals surface area (Å²) < 4.78 is 11.2.